The van der Waals surface area contributed by atoms with Gasteiger partial charge in [-0.3, -0.25) is 19.3 Å². The molecular weight excluding hydrogens is 388 g/mol. The molecule has 0 spiro atoms. The molecule has 9 nitrogen and oxygen atoms in total. The van der Waals surface area contributed by atoms with Crippen molar-refractivity contribution in [3.63, 3.8) is 0 Å². The number of fused-ring (bicyclic) bond motifs is 3. The van der Waals surface area contributed by atoms with Crippen LogP contribution in [0.25, 0.3) is 0 Å². The molecule has 0 radical (unpaired) electrons. The van der Waals surface area contributed by atoms with E-state index in [0.717, 1.165) is 0 Å². The fraction of sp³-hybridized carbons (Fsp3) is 0.476. The molecule has 1 atom stereocenters. The van der Waals surface area contributed by atoms with E-state index in [1.54, 1.807) is 24.3 Å². The third-order valence-corrected chi connectivity index (χ3v) is 5.14. The summed E-state index contributed by atoms with van der Waals surface area (Å²) in [6.45, 7) is 3.67. The Bertz CT molecular complexity index is 922. The summed E-state index contributed by atoms with van der Waals surface area (Å²) in [7, 11) is 0. The predicted molar refractivity (Wildman–Crippen MR) is 106 cm³/mol. The number of hydrogen-bond donors (Lipinski definition) is 1. The second kappa shape index (κ2) is 8.53. The first kappa shape index (κ1) is 21.3. The monoisotopic (exact) mass is 412 g/mol. The van der Waals surface area contributed by atoms with Crippen LogP contribution in [0.3, 0.4) is 0 Å². The van der Waals surface area contributed by atoms with Gasteiger partial charge in [0.1, 0.15) is 0 Å². The van der Waals surface area contributed by atoms with Crippen molar-refractivity contribution < 1.29 is 23.9 Å². The molecular formula is C21H24N4O5. The minimum Gasteiger partial charge on any atom is -0.452 e. The summed E-state index contributed by atoms with van der Waals surface area (Å²) in [6.07, 6.45) is 0.312. The smallest absolute Gasteiger partial charge is 0.354 e. The molecule has 3 rings (SSSR count). The largest absolute Gasteiger partial charge is 0.452 e. The maximum Gasteiger partial charge on any atom is 0.354 e. The van der Waals surface area contributed by atoms with Crippen molar-refractivity contribution >= 4 is 29.4 Å². The molecule has 1 aromatic carbocycles. The van der Waals surface area contributed by atoms with Gasteiger partial charge in [0, 0.05) is 25.9 Å². The molecule has 1 fully saturated rings. The van der Waals surface area contributed by atoms with Gasteiger partial charge >= 0.3 is 5.97 Å². The average Bonchev–Trinajstić information content (AvgIpc) is 3.07. The Morgan fingerprint density at radius 3 is 2.73 bits per heavy atom. The first-order valence-corrected chi connectivity index (χ1v) is 9.88. The average molecular weight is 412 g/mol. The second-order valence-electron chi connectivity index (χ2n) is 7.71. The fourth-order valence-corrected chi connectivity index (χ4v) is 3.92. The second-order valence-corrected chi connectivity index (χ2v) is 7.71. The number of carbonyl (C=O) groups is 4. The number of hydrogen-bond acceptors (Lipinski definition) is 6. The number of anilines is 1. The van der Waals surface area contributed by atoms with Gasteiger partial charge in [0.15, 0.2) is 6.61 Å². The first-order valence-electron chi connectivity index (χ1n) is 9.88. The van der Waals surface area contributed by atoms with Crippen molar-refractivity contribution in [3.05, 3.63) is 29.8 Å². The van der Waals surface area contributed by atoms with Crippen LogP contribution in [-0.2, 0) is 19.1 Å². The van der Waals surface area contributed by atoms with Gasteiger partial charge in [0.05, 0.1) is 23.7 Å². The van der Waals surface area contributed by atoms with Crippen LogP contribution >= 0.6 is 0 Å². The number of nitrogens with one attached hydrogen (secondary N) is 1. The Balaban J connectivity index is 1.94. The Hall–Kier alpha value is -3.41. The fourth-order valence-electron chi connectivity index (χ4n) is 3.92. The number of carbonyl (C=O) groups excluding carboxylic acids is 4. The van der Waals surface area contributed by atoms with Crippen LogP contribution < -0.4 is 10.2 Å². The molecule has 30 heavy (non-hydrogen) atoms. The molecule has 0 saturated carbocycles. The maximum atomic E-state index is 13.3. The topological polar surface area (TPSA) is 120 Å². The van der Waals surface area contributed by atoms with Gasteiger partial charge in [-0.1, -0.05) is 26.0 Å². The highest BCUT2D eigenvalue weighted by molar-refractivity contribution is 6.15. The number of esters is 1. The van der Waals surface area contributed by atoms with Crippen LogP contribution in [0.4, 0.5) is 5.69 Å². The van der Waals surface area contributed by atoms with Gasteiger partial charge in [-0.25, -0.2) is 4.79 Å². The Kier molecular flexibility index (Phi) is 6.06. The van der Waals surface area contributed by atoms with Crippen LogP contribution in [0, 0.1) is 17.2 Å². The van der Waals surface area contributed by atoms with Crippen LogP contribution in [0.5, 0.6) is 0 Å². The lowest BCUT2D eigenvalue weighted by Crippen LogP contribution is -2.69. The lowest BCUT2D eigenvalue weighted by Gasteiger charge is -2.48. The summed E-state index contributed by atoms with van der Waals surface area (Å²) in [5, 5.41) is 11.0. The van der Waals surface area contributed by atoms with E-state index in [-0.39, 0.29) is 50.1 Å². The zero-order chi connectivity index (χ0) is 21.9. The maximum absolute atomic E-state index is 13.3. The summed E-state index contributed by atoms with van der Waals surface area (Å²) < 4.78 is 5.28. The Labute approximate surface area is 174 Å². The predicted octanol–water partition coefficient (Wildman–Crippen LogP) is 1.19. The minimum atomic E-state index is -1.61. The summed E-state index contributed by atoms with van der Waals surface area (Å²) in [5.74, 6) is -1.95. The number of nitrogens with zero attached hydrogens (tertiary/aromatic N) is 3. The van der Waals surface area contributed by atoms with Crippen LogP contribution in [0.2, 0.25) is 0 Å². The number of nitriles is 1. The zero-order valence-corrected chi connectivity index (χ0v) is 17.0. The molecule has 1 saturated heterocycles. The quantitative estimate of drug-likeness (QED) is 0.531. The molecule has 0 unspecified atom stereocenters. The van der Waals surface area contributed by atoms with Crippen LogP contribution in [-0.4, -0.2) is 54.0 Å². The number of ether oxygens (including phenoxy) is 1. The Morgan fingerprint density at radius 1 is 1.30 bits per heavy atom. The number of benzene rings is 1. The molecule has 2 aliphatic rings. The normalized spacial score (nSPS) is 19.9. The highest BCUT2D eigenvalue weighted by atomic mass is 16.5. The molecule has 1 N–H and O–H groups in total. The van der Waals surface area contributed by atoms with Gasteiger partial charge < -0.3 is 15.0 Å². The highest BCUT2D eigenvalue weighted by Crippen LogP contribution is 2.45. The van der Waals surface area contributed by atoms with E-state index in [2.05, 4.69) is 5.32 Å². The lowest BCUT2D eigenvalue weighted by atomic mass is 9.95. The van der Waals surface area contributed by atoms with Gasteiger partial charge in [0.2, 0.25) is 11.6 Å². The van der Waals surface area contributed by atoms with Crippen molar-refractivity contribution in [1.82, 2.24) is 10.2 Å². The minimum absolute atomic E-state index is 0.0377. The summed E-state index contributed by atoms with van der Waals surface area (Å²) in [5.41, 5.74) is -0.883. The summed E-state index contributed by atoms with van der Waals surface area (Å²) >= 11 is 0. The van der Waals surface area contributed by atoms with Gasteiger partial charge in [-0.05, 0) is 18.1 Å². The van der Waals surface area contributed by atoms with E-state index >= 15 is 0 Å². The van der Waals surface area contributed by atoms with E-state index in [4.69, 9.17) is 10.00 Å². The van der Waals surface area contributed by atoms with E-state index in [9.17, 15) is 19.2 Å². The molecule has 0 aromatic heterocycles. The van der Waals surface area contributed by atoms with Crippen molar-refractivity contribution in [2.24, 2.45) is 5.92 Å². The molecule has 2 aliphatic heterocycles. The van der Waals surface area contributed by atoms with Crippen LogP contribution in [0.1, 0.15) is 43.5 Å². The first-order chi connectivity index (χ1) is 14.3. The van der Waals surface area contributed by atoms with E-state index < -0.39 is 24.1 Å². The molecule has 9 heteroatoms. The van der Waals surface area contributed by atoms with Crippen molar-refractivity contribution in [2.75, 3.05) is 24.6 Å². The molecule has 158 valence electrons. The molecule has 3 amide bonds. The number of para-hydroxylation sites is 1. The van der Waals surface area contributed by atoms with Crippen molar-refractivity contribution in [3.8, 4) is 6.07 Å². The van der Waals surface area contributed by atoms with Gasteiger partial charge in [-0.15, -0.1) is 0 Å². The van der Waals surface area contributed by atoms with Crippen molar-refractivity contribution in [1.29, 1.82) is 5.26 Å². The molecule has 0 aliphatic carbocycles. The molecule has 2 heterocycles. The third kappa shape index (κ3) is 3.61. The van der Waals surface area contributed by atoms with Crippen molar-refractivity contribution in [2.45, 2.75) is 38.8 Å². The van der Waals surface area contributed by atoms with Gasteiger partial charge in [0.25, 0.3) is 11.8 Å². The summed E-state index contributed by atoms with van der Waals surface area (Å²) in [4.78, 5) is 54.1. The lowest BCUT2D eigenvalue weighted by molar-refractivity contribution is -0.160. The van der Waals surface area contributed by atoms with E-state index in [1.807, 2.05) is 19.9 Å². The van der Waals surface area contributed by atoms with E-state index in [1.165, 1.54) is 9.80 Å². The Morgan fingerprint density at radius 2 is 2.03 bits per heavy atom. The SMILES string of the molecule is CC(C)CN1C(=O)c2ccccc2N2C(=O)CC[C@@]12C(=O)OCC(=O)NCCC#N. The van der Waals surface area contributed by atoms with E-state index in [0.29, 0.717) is 11.3 Å². The third-order valence-electron chi connectivity index (χ3n) is 5.14. The molecule has 0 bridgehead atoms. The zero-order valence-electron chi connectivity index (χ0n) is 17.0. The standard InChI is InChI=1S/C21H24N4O5/c1-14(2)12-24-19(28)15-6-3-4-7-16(15)25-18(27)8-9-21(24,25)20(29)30-13-17(26)23-11-5-10-22/h3-4,6-7,14H,5,8-9,11-13H2,1-2H3,(H,23,26)/t21-/m1/s1. The molecule has 1 aromatic rings. The van der Waals surface area contributed by atoms with Crippen LogP contribution in [0.15, 0.2) is 24.3 Å². The number of rotatable bonds is 7. The number of amides is 3. The summed E-state index contributed by atoms with van der Waals surface area (Å²) in [6, 6.07) is 8.59. The highest BCUT2D eigenvalue weighted by Gasteiger charge is 2.62. The van der Waals surface area contributed by atoms with Gasteiger partial charge in [-0.2, -0.15) is 5.26 Å².